The molecule has 0 N–H and O–H groups in total. The zero-order valence-corrected chi connectivity index (χ0v) is 40.2. The Labute approximate surface area is 408 Å². The second-order valence-electron chi connectivity index (χ2n) is 19.6. The van der Waals surface area contributed by atoms with Gasteiger partial charge in [0.2, 0.25) is 0 Å². The molecule has 1 nitrogen and oxygen atoms in total. The average Bonchev–Trinajstić information content (AvgIpc) is 4.07. The van der Waals surface area contributed by atoms with Crippen LogP contribution in [0, 0.1) is 0 Å². The van der Waals surface area contributed by atoms with Crippen LogP contribution >= 0.6 is 22.7 Å². The quantitative estimate of drug-likeness (QED) is 0.152. The van der Waals surface area contributed by atoms with Crippen molar-refractivity contribution in [2.75, 3.05) is 0 Å². The molecule has 11 aromatic carbocycles. The smallest absolute Gasteiger partial charge is 0.0541 e. The molecule has 0 bridgehead atoms. The van der Waals surface area contributed by atoms with E-state index in [-0.39, 0.29) is 5.41 Å². The number of nitrogens with zero attached hydrogens (tertiary/aromatic N) is 1. The maximum atomic E-state index is 2.48. The van der Waals surface area contributed by atoms with Gasteiger partial charge in [0.05, 0.1) is 11.0 Å². The number of rotatable bonds is 5. The summed E-state index contributed by atoms with van der Waals surface area (Å²) in [7, 11) is 0. The summed E-state index contributed by atoms with van der Waals surface area (Å²) in [5.41, 5.74) is 14.9. The molecule has 0 spiro atoms. The highest BCUT2D eigenvalue weighted by Gasteiger charge is 2.22. The van der Waals surface area contributed by atoms with E-state index in [1.54, 1.807) is 0 Å². The Morgan fingerprint density at radius 3 is 1.32 bits per heavy atom. The molecule has 3 heterocycles. The fourth-order valence-corrected chi connectivity index (χ4v) is 13.7. The Balaban J connectivity index is 0.980. The lowest BCUT2D eigenvalue weighted by Gasteiger charge is -2.23. The van der Waals surface area contributed by atoms with Gasteiger partial charge in [-0.2, -0.15) is 0 Å². The summed E-state index contributed by atoms with van der Waals surface area (Å²) < 4.78 is 7.79. The maximum Gasteiger partial charge on any atom is 0.0541 e. The minimum absolute atomic E-state index is 0.0112. The summed E-state index contributed by atoms with van der Waals surface area (Å²) in [5.74, 6) is 0. The molecule has 0 aliphatic heterocycles. The van der Waals surface area contributed by atoms with Crippen molar-refractivity contribution in [3.63, 3.8) is 0 Å². The van der Waals surface area contributed by atoms with Crippen molar-refractivity contribution in [3.8, 4) is 50.2 Å². The van der Waals surface area contributed by atoms with Gasteiger partial charge in [0.25, 0.3) is 0 Å². The number of hydrogen-bond acceptors (Lipinski definition) is 2. The lowest BCUT2D eigenvalue weighted by molar-refractivity contribution is 0.591. The minimum Gasteiger partial charge on any atom is -0.309 e. The van der Waals surface area contributed by atoms with Gasteiger partial charge in [-0.15, -0.1) is 22.7 Å². The molecular weight excluding hydrogens is 871 g/mol. The van der Waals surface area contributed by atoms with Crippen LogP contribution in [-0.2, 0) is 5.41 Å². The van der Waals surface area contributed by atoms with Gasteiger partial charge in [0.15, 0.2) is 0 Å². The van der Waals surface area contributed by atoms with E-state index in [1.165, 1.54) is 134 Å². The number of thiophene rings is 2. The molecule has 0 aliphatic carbocycles. The van der Waals surface area contributed by atoms with Crippen molar-refractivity contribution in [2.45, 2.75) is 26.2 Å². The van der Waals surface area contributed by atoms with Crippen LogP contribution in [0.25, 0.3) is 134 Å². The van der Waals surface area contributed by atoms with Crippen LogP contribution in [0.1, 0.15) is 26.3 Å². The molecule has 0 saturated heterocycles. The van der Waals surface area contributed by atoms with Crippen LogP contribution in [0.3, 0.4) is 0 Å². The summed E-state index contributed by atoms with van der Waals surface area (Å²) in [5, 5.41) is 12.9. The van der Waals surface area contributed by atoms with Crippen molar-refractivity contribution >= 4 is 106 Å². The number of fused-ring (bicyclic) bond motifs is 11. The highest BCUT2D eigenvalue weighted by atomic mass is 32.1. The highest BCUT2D eigenvalue weighted by molar-refractivity contribution is 7.26. The molecule has 0 fully saturated rings. The molecule has 0 unspecified atom stereocenters. The molecule has 14 aromatic rings. The summed E-state index contributed by atoms with van der Waals surface area (Å²) in [6, 6.07) is 81.9. The Morgan fingerprint density at radius 1 is 0.319 bits per heavy atom. The van der Waals surface area contributed by atoms with Crippen LogP contribution in [0.5, 0.6) is 0 Å². The van der Waals surface area contributed by atoms with Crippen molar-refractivity contribution in [2.24, 2.45) is 0 Å². The molecule has 326 valence electrons. The van der Waals surface area contributed by atoms with Gasteiger partial charge >= 0.3 is 0 Å². The summed E-state index contributed by atoms with van der Waals surface area (Å²) in [4.78, 5) is 0. The predicted octanol–water partition coefficient (Wildman–Crippen LogP) is 19.8. The lowest BCUT2D eigenvalue weighted by atomic mass is 9.81. The molecule has 3 heteroatoms. The normalized spacial score (nSPS) is 12.3. The van der Waals surface area contributed by atoms with Crippen molar-refractivity contribution in [3.05, 3.63) is 224 Å². The minimum atomic E-state index is 0.0112. The predicted molar refractivity (Wildman–Crippen MR) is 302 cm³/mol. The van der Waals surface area contributed by atoms with Crippen LogP contribution in [-0.4, -0.2) is 4.57 Å². The van der Waals surface area contributed by atoms with E-state index < -0.39 is 0 Å². The van der Waals surface area contributed by atoms with Gasteiger partial charge in [-0.1, -0.05) is 185 Å². The van der Waals surface area contributed by atoms with E-state index in [0.717, 1.165) is 5.69 Å². The third-order valence-electron chi connectivity index (χ3n) is 14.6. The topological polar surface area (TPSA) is 4.93 Å². The first-order chi connectivity index (χ1) is 33.9. The van der Waals surface area contributed by atoms with Crippen LogP contribution in [0.2, 0.25) is 0 Å². The van der Waals surface area contributed by atoms with Crippen molar-refractivity contribution in [1.29, 1.82) is 0 Å². The number of aromatic nitrogens is 1. The molecule has 14 rings (SSSR count). The zero-order chi connectivity index (χ0) is 46.0. The van der Waals surface area contributed by atoms with E-state index in [9.17, 15) is 0 Å². The first-order valence-corrected chi connectivity index (χ1v) is 25.5. The third-order valence-corrected chi connectivity index (χ3v) is 17.0. The molecule has 0 radical (unpaired) electrons. The Hall–Kier alpha value is -7.82. The maximum absolute atomic E-state index is 2.48. The molecule has 0 atom stereocenters. The monoisotopic (exact) mass is 915 g/mol. The van der Waals surface area contributed by atoms with Gasteiger partial charge in [0.1, 0.15) is 0 Å². The Bertz CT molecular complexity index is 4210. The largest absolute Gasteiger partial charge is 0.309 e. The van der Waals surface area contributed by atoms with E-state index in [2.05, 4.69) is 244 Å². The summed E-state index contributed by atoms with van der Waals surface area (Å²) in [6.07, 6.45) is 0. The van der Waals surface area contributed by atoms with Gasteiger partial charge in [-0.05, 0) is 132 Å². The van der Waals surface area contributed by atoms with E-state index >= 15 is 0 Å². The summed E-state index contributed by atoms with van der Waals surface area (Å²) in [6.45, 7) is 6.93. The van der Waals surface area contributed by atoms with Gasteiger partial charge in [-0.25, -0.2) is 0 Å². The lowest BCUT2D eigenvalue weighted by Crippen LogP contribution is -2.10. The highest BCUT2D eigenvalue weighted by Crippen LogP contribution is 2.47. The molecule has 0 aliphatic rings. The molecule has 0 amide bonds. The molecule has 0 saturated carbocycles. The molecule has 3 aromatic heterocycles. The summed E-state index contributed by atoms with van der Waals surface area (Å²) >= 11 is 3.79. The fourth-order valence-electron chi connectivity index (χ4n) is 11.2. The fraction of sp³-hybridized carbons (Fsp3) is 0.0606. The average molecular weight is 916 g/mol. The number of benzene rings is 11. The van der Waals surface area contributed by atoms with Crippen molar-refractivity contribution in [1.82, 2.24) is 4.57 Å². The first-order valence-electron chi connectivity index (χ1n) is 23.9. The van der Waals surface area contributed by atoms with Gasteiger partial charge in [0, 0.05) is 56.8 Å². The van der Waals surface area contributed by atoms with Crippen LogP contribution in [0.4, 0.5) is 0 Å². The third kappa shape index (κ3) is 6.27. The molecule has 69 heavy (non-hydrogen) atoms. The van der Waals surface area contributed by atoms with Crippen LogP contribution in [0.15, 0.2) is 218 Å². The van der Waals surface area contributed by atoms with E-state index in [1.807, 2.05) is 22.7 Å². The molecular formula is C66H45NS2. The van der Waals surface area contributed by atoms with Crippen molar-refractivity contribution < 1.29 is 0 Å². The second kappa shape index (κ2) is 15.3. The van der Waals surface area contributed by atoms with Gasteiger partial charge < -0.3 is 4.57 Å². The van der Waals surface area contributed by atoms with Crippen LogP contribution < -0.4 is 0 Å². The SMILES string of the molecule is CC(C)(C)c1ccc2c(-c3ccc(-n4c5ccc(-c6cccc7c6sc6ccccc67)cc5c5cc(-c6cccc7c6sc6ccccc67)ccc54)cc3)c3ccccc3c(-c3ccccc3)c2c1. The second-order valence-corrected chi connectivity index (χ2v) is 21.7. The first kappa shape index (κ1) is 40.3. The van der Waals surface area contributed by atoms with E-state index in [0.29, 0.717) is 0 Å². The van der Waals surface area contributed by atoms with E-state index in [4.69, 9.17) is 0 Å². The Kier molecular flexibility index (Phi) is 8.96. The van der Waals surface area contributed by atoms with Gasteiger partial charge in [-0.3, -0.25) is 0 Å². The standard InChI is InChI=1S/C66H45NS2/c1-66(2,3)44-31-34-52-57(39-44)63(40-15-5-4-6-16-40)51-20-8-7-19-50(51)62(52)41-27-32-45(33-28-41)67-58-35-29-42(46-21-13-23-53-48-17-9-11-25-60(48)68-64(46)53)37-55(58)56-38-43(30-36-59(56)67)47-22-14-24-54-49-18-10-12-26-61(49)69-65(47)54/h4-39H,1-3H3. The number of hydrogen-bond donors (Lipinski definition) is 0. The zero-order valence-electron chi connectivity index (χ0n) is 38.5. The Morgan fingerprint density at radius 2 is 0.768 bits per heavy atom.